The van der Waals surface area contributed by atoms with E-state index < -0.39 is 41.3 Å². The number of nitrogens with one attached hydrogen (secondary N) is 3. The summed E-state index contributed by atoms with van der Waals surface area (Å²) in [7, 11) is 1.90. The number of pyridine rings is 1. The standard InChI is InChI=1S/C40H51N7O8/c1-27(2)21-33(44-40(51)46-19-10-4-5-11-20-46)37(48)42-34(23-29-25-45(3)36-17-7-6-16-32(29)36)38(49)43-35(24-30-14-8-9-18-41-30)39(50)55-31-15-12-13-28(22-31)26-54-47(52)53/h6-9,12-18,22,25,27,33-35,52-53H,4-5,10-11,19-21,23-24,26H2,1-3H3,(H,42,48)(H,43,49)(H,44,51). The number of para-hydroxylation sites is 1. The number of aryl methyl sites for hydroxylation is 1. The molecule has 3 heterocycles. The summed E-state index contributed by atoms with van der Waals surface area (Å²) in [6.07, 6.45) is 7.81. The minimum absolute atomic E-state index is 0.0188. The quantitative estimate of drug-likeness (QED) is 0.0621. The van der Waals surface area contributed by atoms with Crippen LogP contribution in [0.25, 0.3) is 10.9 Å². The molecule has 3 atom stereocenters. The van der Waals surface area contributed by atoms with E-state index in [2.05, 4.69) is 25.8 Å². The smallest absolute Gasteiger partial charge is 0.334 e. The third kappa shape index (κ3) is 12.1. The van der Waals surface area contributed by atoms with E-state index in [1.165, 1.54) is 12.1 Å². The van der Waals surface area contributed by atoms with Crippen LogP contribution < -0.4 is 20.7 Å². The number of fused-ring (bicyclic) bond motifs is 1. The Kier molecular flexibility index (Phi) is 14.7. The Morgan fingerprint density at radius 1 is 0.836 bits per heavy atom. The van der Waals surface area contributed by atoms with Gasteiger partial charge in [-0.25, -0.2) is 14.4 Å². The van der Waals surface area contributed by atoms with Crippen molar-refractivity contribution in [2.75, 3.05) is 13.1 Å². The minimum atomic E-state index is -1.23. The maximum Gasteiger partial charge on any atom is 0.334 e. The summed E-state index contributed by atoms with van der Waals surface area (Å²) >= 11 is 0. The number of benzene rings is 2. The molecule has 15 heteroatoms. The Labute approximate surface area is 320 Å². The fourth-order valence-corrected chi connectivity index (χ4v) is 6.72. The molecule has 2 aromatic heterocycles. The van der Waals surface area contributed by atoms with Crippen molar-refractivity contribution in [2.45, 2.75) is 83.5 Å². The van der Waals surface area contributed by atoms with Crippen LogP contribution in [0.3, 0.4) is 0 Å². The maximum absolute atomic E-state index is 14.4. The van der Waals surface area contributed by atoms with Gasteiger partial charge in [0.05, 0.1) is 12.0 Å². The van der Waals surface area contributed by atoms with Crippen molar-refractivity contribution < 1.29 is 39.2 Å². The van der Waals surface area contributed by atoms with Gasteiger partial charge in [-0.3, -0.25) is 25.0 Å². The van der Waals surface area contributed by atoms with Crippen LogP contribution in [-0.2, 0) is 45.7 Å². The molecule has 4 aromatic rings. The summed E-state index contributed by atoms with van der Waals surface area (Å²) < 4.78 is 7.66. The van der Waals surface area contributed by atoms with Crippen LogP contribution in [0.5, 0.6) is 5.75 Å². The van der Waals surface area contributed by atoms with Gasteiger partial charge in [0.1, 0.15) is 23.9 Å². The average molecular weight is 758 g/mol. The van der Waals surface area contributed by atoms with Crippen molar-refractivity contribution in [1.29, 1.82) is 0 Å². The molecule has 5 rings (SSSR count). The lowest BCUT2D eigenvalue weighted by Crippen LogP contribution is -2.58. The van der Waals surface area contributed by atoms with E-state index in [4.69, 9.17) is 15.2 Å². The summed E-state index contributed by atoms with van der Waals surface area (Å²) in [4.78, 5) is 66.5. The second-order valence-electron chi connectivity index (χ2n) is 14.3. The molecule has 0 saturated carbocycles. The van der Waals surface area contributed by atoms with Crippen LogP contribution in [-0.4, -0.2) is 85.3 Å². The summed E-state index contributed by atoms with van der Waals surface area (Å²) in [5.41, 5.74) is 2.74. The van der Waals surface area contributed by atoms with E-state index in [1.807, 2.05) is 55.9 Å². The molecule has 2 aromatic carbocycles. The molecule has 0 bridgehead atoms. The highest BCUT2D eigenvalue weighted by Gasteiger charge is 2.33. The molecule has 294 valence electrons. The number of aromatic nitrogens is 2. The number of amides is 4. The molecule has 5 N–H and O–H groups in total. The van der Waals surface area contributed by atoms with Gasteiger partial charge in [-0.15, -0.1) is 0 Å². The third-order valence-corrected chi connectivity index (χ3v) is 9.46. The molecule has 1 aliphatic rings. The normalized spacial score (nSPS) is 14.9. The highest BCUT2D eigenvalue weighted by molar-refractivity contribution is 5.94. The largest absolute Gasteiger partial charge is 0.425 e. The predicted molar refractivity (Wildman–Crippen MR) is 203 cm³/mol. The summed E-state index contributed by atoms with van der Waals surface area (Å²) in [6, 6.07) is 15.6. The van der Waals surface area contributed by atoms with Gasteiger partial charge in [-0.1, -0.05) is 63.1 Å². The van der Waals surface area contributed by atoms with Crippen LogP contribution in [0, 0.1) is 5.92 Å². The van der Waals surface area contributed by atoms with Gasteiger partial charge in [0.25, 0.3) is 0 Å². The summed E-state index contributed by atoms with van der Waals surface area (Å²) in [5.74, 6) is -1.75. The van der Waals surface area contributed by atoms with Crippen LogP contribution in [0.2, 0.25) is 0 Å². The lowest BCUT2D eigenvalue weighted by atomic mass is 10.0. The second-order valence-corrected chi connectivity index (χ2v) is 14.3. The van der Waals surface area contributed by atoms with Crippen LogP contribution >= 0.6 is 0 Å². The van der Waals surface area contributed by atoms with Crippen molar-refractivity contribution in [2.24, 2.45) is 13.0 Å². The Hall–Kier alpha value is -5.35. The number of hydrogen-bond acceptors (Lipinski definition) is 10. The highest BCUT2D eigenvalue weighted by Crippen LogP contribution is 2.22. The van der Waals surface area contributed by atoms with Gasteiger partial charge in [0.15, 0.2) is 0 Å². The zero-order valence-electron chi connectivity index (χ0n) is 31.5. The monoisotopic (exact) mass is 757 g/mol. The van der Waals surface area contributed by atoms with Gasteiger partial charge in [-0.2, -0.15) is 0 Å². The molecule has 55 heavy (non-hydrogen) atoms. The number of nitrogens with zero attached hydrogens (tertiary/aromatic N) is 4. The Morgan fingerprint density at radius 3 is 2.25 bits per heavy atom. The van der Waals surface area contributed by atoms with Gasteiger partial charge in [0, 0.05) is 62.0 Å². The first-order valence-electron chi connectivity index (χ1n) is 18.7. The number of hydrogen-bond donors (Lipinski definition) is 5. The van der Waals surface area contributed by atoms with Crippen LogP contribution in [0.1, 0.15) is 62.8 Å². The van der Waals surface area contributed by atoms with Crippen molar-refractivity contribution in [1.82, 2.24) is 35.8 Å². The van der Waals surface area contributed by atoms with Gasteiger partial charge < -0.3 is 30.2 Å². The fourth-order valence-electron chi connectivity index (χ4n) is 6.72. The first-order valence-corrected chi connectivity index (χ1v) is 18.7. The fraction of sp³-hybridized carbons (Fsp3) is 0.425. The van der Waals surface area contributed by atoms with E-state index in [0.29, 0.717) is 30.8 Å². The summed E-state index contributed by atoms with van der Waals surface area (Å²) in [6.45, 7) is 4.93. The van der Waals surface area contributed by atoms with Crippen LogP contribution in [0.15, 0.2) is 79.1 Å². The first-order chi connectivity index (χ1) is 26.5. The maximum atomic E-state index is 14.4. The zero-order chi connectivity index (χ0) is 39.3. The van der Waals surface area contributed by atoms with E-state index >= 15 is 0 Å². The molecular formula is C40H51N7O8. The average Bonchev–Trinajstić information content (AvgIpc) is 3.30. The van der Waals surface area contributed by atoms with Crippen molar-refractivity contribution in [3.63, 3.8) is 0 Å². The number of carbonyl (C=O) groups excluding carboxylic acids is 4. The Bertz CT molecular complexity index is 1890. The predicted octanol–water partition coefficient (Wildman–Crippen LogP) is 4.45. The highest BCUT2D eigenvalue weighted by atomic mass is 17.1. The number of esters is 1. The van der Waals surface area contributed by atoms with E-state index in [0.717, 1.165) is 42.1 Å². The number of ether oxygens (including phenoxy) is 1. The van der Waals surface area contributed by atoms with Crippen molar-refractivity contribution in [3.8, 4) is 5.75 Å². The molecule has 15 nitrogen and oxygen atoms in total. The topological polar surface area (TPSA) is 188 Å². The Balaban J connectivity index is 1.41. The molecular weight excluding hydrogens is 706 g/mol. The third-order valence-electron chi connectivity index (χ3n) is 9.46. The molecule has 1 fully saturated rings. The number of rotatable bonds is 16. The molecule has 4 amide bonds. The second kappa shape index (κ2) is 19.8. The summed E-state index contributed by atoms with van der Waals surface area (Å²) in [5, 5.41) is 27.1. The first kappa shape index (κ1) is 40.8. The minimum Gasteiger partial charge on any atom is -0.425 e. The van der Waals surface area contributed by atoms with Gasteiger partial charge in [-0.05, 0) is 66.6 Å². The van der Waals surface area contributed by atoms with Crippen molar-refractivity contribution in [3.05, 3.63) is 95.9 Å². The molecule has 3 unspecified atom stereocenters. The van der Waals surface area contributed by atoms with E-state index in [1.54, 1.807) is 41.4 Å². The molecule has 0 aliphatic carbocycles. The lowest BCUT2D eigenvalue weighted by molar-refractivity contribution is -0.497. The van der Waals surface area contributed by atoms with Crippen molar-refractivity contribution >= 4 is 34.7 Å². The zero-order valence-corrected chi connectivity index (χ0v) is 31.5. The molecule has 0 radical (unpaired) electrons. The molecule has 1 saturated heterocycles. The number of urea groups is 1. The van der Waals surface area contributed by atoms with Gasteiger partial charge in [0.2, 0.25) is 11.8 Å². The molecule has 0 spiro atoms. The SMILES string of the molecule is CC(C)CC(NC(=O)N1CCCCCC1)C(=O)NC(Cc1cn(C)c2ccccc12)C(=O)NC(Cc1ccccn1)C(=O)Oc1cccc(CON(O)O)c1. The molecule has 1 aliphatic heterocycles. The number of carbonyl (C=O) groups is 4. The Morgan fingerprint density at radius 2 is 1.55 bits per heavy atom. The van der Waals surface area contributed by atoms with Gasteiger partial charge >= 0.3 is 12.0 Å². The number of likely N-dealkylation sites (tertiary alicyclic amines) is 1. The van der Waals surface area contributed by atoms with Crippen LogP contribution in [0.4, 0.5) is 4.79 Å². The van der Waals surface area contributed by atoms with E-state index in [-0.39, 0.29) is 37.1 Å². The lowest BCUT2D eigenvalue weighted by Gasteiger charge is -2.28. The van der Waals surface area contributed by atoms with E-state index in [9.17, 15) is 19.2 Å².